The number of carbonyl (C=O) groups is 1. The maximum absolute atomic E-state index is 14.1. The first kappa shape index (κ1) is 25.8. The maximum atomic E-state index is 14.1. The average molecular weight is 492 g/mol. The second kappa shape index (κ2) is 10.00. The number of ether oxygens (including phenoxy) is 1. The third-order valence-electron chi connectivity index (χ3n) is 8.18. The first-order valence-electron chi connectivity index (χ1n) is 12.7. The minimum absolute atomic E-state index is 0.0655. The van der Waals surface area contributed by atoms with Gasteiger partial charge in [-0.15, -0.1) is 0 Å². The summed E-state index contributed by atoms with van der Waals surface area (Å²) in [7, 11) is 0. The van der Waals surface area contributed by atoms with Crippen molar-refractivity contribution in [2.75, 3.05) is 6.54 Å². The topological polar surface area (TPSA) is 58.6 Å². The Kier molecular flexibility index (Phi) is 7.37. The molecule has 2 aromatic rings. The van der Waals surface area contributed by atoms with Crippen LogP contribution < -0.4 is 10.1 Å². The van der Waals surface area contributed by atoms with Crippen molar-refractivity contribution in [1.29, 1.82) is 0 Å². The van der Waals surface area contributed by atoms with E-state index in [4.69, 9.17) is 4.74 Å². The molecule has 2 aliphatic carbocycles. The SMILES string of the molecule is CC1(C)C(NCCCc2ccc3c(C(F)(F)F)c(O[C@H]4CC[C@@H](C)CC4)ccc3c2)CC1C(=O)O. The molecule has 0 saturated heterocycles. The number of alkyl halides is 3. The minimum atomic E-state index is -4.49. The molecule has 0 spiro atoms. The first-order valence-corrected chi connectivity index (χ1v) is 12.7. The quantitative estimate of drug-likeness (QED) is 0.397. The lowest BCUT2D eigenvalue weighted by Gasteiger charge is -2.50. The van der Waals surface area contributed by atoms with E-state index in [1.165, 1.54) is 6.07 Å². The molecule has 2 saturated carbocycles. The normalized spacial score (nSPS) is 26.3. The Morgan fingerprint density at radius 1 is 1.14 bits per heavy atom. The number of hydrogen-bond acceptors (Lipinski definition) is 3. The molecule has 2 aromatic carbocycles. The zero-order valence-electron chi connectivity index (χ0n) is 20.8. The third kappa shape index (κ3) is 5.60. The van der Waals surface area contributed by atoms with Gasteiger partial charge in [0.1, 0.15) is 11.3 Å². The lowest BCUT2D eigenvalue weighted by atomic mass is 9.58. The molecule has 2 N–H and O–H groups in total. The number of aryl methyl sites for hydroxylation is 1. The second-order valence-corrected chi connectivity index (χ2v) is 11.0. The van der Waals surface area contributed by atoms with Crippen LogP contribution in [0.15, 0.2) is 30.3 Å². The van der Waals surface area contributed by atoms with E-state index in [9.17, 15) is 23.1 Å². The van der Waals surface area contributed by atoms with Gasteiger partial charge < -0.3 is 15.2 Å². The van der Waals surface area contributed by atoms with Crippen LogP contribution in [0, 0.1) is 17.3 Å². The predicted molar refractivity (Wildman–Crippen MR) is 131 cm³/mol. The Morgan fingerprint density at radius 2 is 1.86 bits per heavy atom. The lowest BCUT2D eigenvalue weighted by molar-refractivity contribution is -0.155. The predicted octanol–water partition coefficient (Wildman–Crippen LogP) is 6.84. The Morgan fingerprint density at radius 3 is 2.49 bits per heavy atom. The van der Waals surface area contributed by atoms with E-state index in [-0.39, 0.29) is 34.6 Å². The fourth-order valence-corrected chi connectivity index (χ4v) is 5.69. The van der Waals surface area contributed by atoms with Gasteiger partial charge in [-0.05, 0) is 85.2 Å². The molecule has 2 aliphatic rings. The molecule has 4 nitrogen and oxygen atoms in total. The molecule has 0 aromatic heterocycles. The van der Waals surface area contributed by atoms with Crippen LogP contribution in [0.2, 0.25) is 0 Å². The van der Waals surface area contributed by atoms with Gasteiger partial charge in [-0.2, -0.15) is 13.2 Å². The van der Waals surface area contributed by atoms with E-state index in [1.54, 1.807) is 18.2 Å². The van der Waals surface area contributed by atoms with Crippen LogP contribution in [0.3, 0.4) is 0 Å². The molecule has 0 radical (unpaired) electrons. The largest absolute Gasteiger partial charge is 0.490 e. The average Bonchev–Trinajstić information content (AvgIpc) is 2.78. The van der Waals surface area contributed by atoms with Crippen molar-refractivity contribution >= 4 is 16.7 Å². The summed E-state index contributed by atoms with van der Waals surface area (Å²) in [5.41, 5.74) is 0.0269. The van der Waals surface area contributed by atoms with Gasteiger partial charge in [0.05, 0.1) is 12.0 Å². The number of nitrogens with one attached hydrogen (secondary N) is 1. The van der Waals surface area contributed by atoms with Crippen LogP contribution in [0.5, 0.6) is 5.75 Å². The van der Waals surface area contributed by atoms with Gasteiger partial charge in [-0.3, -0.25) is 4.79 Å². The summed E-state index contributed by atoms with van der Waals surface area (Å²) in [6.07, 6.45) is 1.07. The third-order valence-corrected chi connectivity index (χ3v) is 8.18. The van der Waals surface area contributed by atoms with Crippen molar-refractivity contribution in [3.05, 3.63) is 41.5 Å². The van der Waals surface area contributed by atoms with Gasteiger partial charge in [0.15, 0.2) is 0 Å². The Balaban J connectivity index is 1.41. The zero-order chi connectivity index (χ0) is 25.4. The summed E-state index contributed by atoms with van der Waals surface area (Å²) in [6, 6.07) is 8.56. The molecule has 192 valence electrons. The van der Waals surface area contributed by atoms with Gasteiger partial charge in [-0.25, -0.2) is 0 Å². The highest BCUT2D eigenvalue weighted by Crippen LogP contribution is 2.46. The number of aliphatic carboxylic acids is 1. The fourth-order valence-electron chi connectivity index (χ4n) is 5.69. The molecular weight excluding hydrogens is 455 g/mol. The molecule has 2 fully saturated rings. The minimum Gasteiger partial charge on any atom is -0.490 e. The van der Waals surface area contributed by atoms with Crippen LogP contribution in [-0.4, -0.2) is 29.8 Å². The molecule has 0 aliphatic heterocycles. The molecule has 0 amide bonds. The maximum Gasteiger partial charge on any atom is 0.420 e. The van der Waals surface area contributed by atoms with Crippen molar-refractivity contribution in [2.24, 2.45) is 17.3 Å². The van der Waals surface area contributed by atoms with Crippen LogP contribution >= 0.6 is 0 Å². The van der Waals surface area contributed by atoms with Crippen LogP contribution in [0.25, 0.3) is 10.8 Å². The number of rotatable bonds is 8. The summed E-state index contributed by atoms with van der Waals surface area (Å²) in [6.45, 7) is 6.85. The van der Waals surface area contributed by atoms with E-state index < -0.39 is 17.7 Å². The van der Waals surface area contributed by atoms with Crippen LogP contribution in [-0.2, 0) is 17.4 Å². The Labute approximate surface area is 205 Å². The summed E-state index contributed by atoms with van der Waals surface area (Å²) in [5.74, 6) is -0.531. The highest BCUT2D eigenvalue weighted by Gasteiger charge is 2.51. The van der Waals surface area contributed by atoms with Gasteiger partial charge in [0.2, 0.25) is 0 Å². The molecule has 4 rings (SSSR count). The number of carboxylic acids is 1. The molecule has 2 atom stereocenters. The summed E-state index contributed by atoms with van der Waals surface area (Å²) < 4.78 is 48.1. The summed E-state index contributed by atoms with van der Waals surface area (Å²) in [5, 5.41) is 13.5. The van der Waals surface area contributed by atoms with E-state index in [2.05, 4.69) is 12.2 Å². The van der Waals surface area contributed by atoms with Gasteiger partial charge in [0, 0.05) is 6.04 Å². The Hall–Kier alpha value is -2.28. The van der Waals surface area contributed by atoms with Crippen molar-refractivity contribution in [3.63, 3.8) is 0 Å². The van der Waals surface area contributed by atoms with E-state index in [0.717, 1.165) is 50.6 Å². The van der Waals surface area contributed by atoms with Crippen molar-refractivity contribution < 1.29 is 27.8 Å². The van der Waals surface area contributed by atoms with Gasteiger partial charge in [0.25, 0.3) is 0 Å². The number of fused-ring (bicyclic) bond motifs is 1. The molecule has 2 unspecified atom stereocenters. The lowest BCUT2D eigenvalue weighted by Crippen LogP contribution is -2.59. The van der Waals surface area contributed by atoms with E-state index in [0.29, 0.717) is 17.7 Å². The molecule has 7 heteroatoms. The molecule has 35 heavy (non-hydrogen) atoms. The number of halogens is 3. The van der Waals surface area contributed by atoms with Crippen LogP contribution in [0.1, 0.15) is 70.4 Å². The highest BCUT2D eigenvalue weighted by atomic mass is 19.4. The van der Waals surface area contributed by atoms with E-state index in [1.807, 2.05) is 19.9 Å². The zero-order valence-corrected chi connectivity index (χ0v) is 20.8. The van der Waals surface area contributed by atoms with Gasteiger partial charge in [-0.1, -0.05) is 45.0 Å². The molecular formula is C28H36F3NO3. The van der Waals surface area contributed by atoms with Crippen molar-refractivity contribution in [2.45, 2.75) is 84.0 Å². The summed E-state index contributed by atoms with van der Waals surface area (Å²) >= 11 is 0. The first-order chi connectivity index (χ1) is 16.5. The summed E-state index contributed by atoms with van der Waals surface area (Å²) in [4.78, 5) is 11.3. The molecule has 0 bridgehead atoms. The van der Waals surface area contributed by atoms with Crippen LogP contribution in [0.4, 0.5) is 13.2 Å². The highest BCUT2D eigenvalue weighted by molar-refractivity contribution is 5.89. The number of carboxylic acid groups (broad SMARTS) is 1. The second-order valence-electron chi connectivity index (χ2n) is 11.0. The van der Waals surface area contributed by atoms with Gasteiger partial charge >= 0.3 is 12.1 Å². The number of hydrogen-bond donors (Lipinski definition) is 2. The van der Waals surface area contributed by atoms with E-state index >= 15 is 0 Å². The smallest absolute Gasteiger partial charge is 0.420 e. The Bertz CT molecular complexity index is 1060. The molecule has 0 heterocycles. The van der Waals surface area contributed by atoms with Crippen molar-refractivity contribution in [1.82, 2.24) is 5.32 Å². The van der Waals surface area contributed by atoms with Crippen molar-refractivity contribution in [3.8, 4) is 5.75 Å². The fraction of sp³-hybridized carbons (Fsp3) is 0.607. The number of benzene rings is 2. The monoisotopic (exact) mass is 491 g/mol. The standard InChI is InChI=1S/C28H36F3NO3/c1-17-6-10-20(11-7-17)35-23-13-9-19-15-18(8-12-21(19)25(23)28(29,30)31)5-4-14-32-24-16-22(26(33)34)27(24,2)3/h8-9,12-13,15,17,20,22,24,32H,4-7,10-11,14,16H2,1-3H3,(H,33,34)/t17-,20+,22?,24?.